The first-order valence-electron chi connectivity index (χ1n) is 8.35. The number of rotatable bonds is 6. The van der Waals surface area contributed by atoms with Crippen LogP contribution in [0.2, 0.25) is 0 Å². The fraction of sp³-hybridized carbons (Fsp3) is 0.353. The summed E-state index contributed by atoms with van der Waals surface area (Å²) in [6, 6.07) is 1.65. The summed E-state index contributed by atoms with van der Waals surface area (Å²) in [7, 11) is 0. The van der Waals surface area contributed by atoms with Gasteiger partial charge >= 0.3 is 0 Å². The van der Waals surface area contributed by atoms with Crippen LogP contribution in [0.5, 0.6) is 0 Å². The number of hydrogen-bond donors (Lipinski definition) is 2. The van der Waals surface area contributed by atoms with E-state index < -0.39 is 29.0 Å². The first-order chi connectivity index (χ1) is 13.0. The van der Waals surface area contributed by atoms with Crippen LogP contribution in [0, 0.1) is 17.5 Å². The topological polar surface area (TPSA) is 79.4 Å². The average Bonchev–Trinajstić information content (AvgIpc) is 2.70. The molecule has 2 aromatic rings. The third-order valence-corrected chi connectivity index (χ3v) is 4.01. The van der Waals surface area contributed by atoms with Gasteiger partial charge in [-0.05, 0) is 12.1 Å². The molecule has 1 fully saturated rings. The van der Waals surface area contributed by atoms with E-state index in [4.69, 9.17) is 4.74 Å². The van der Waals surface area contributed by atoms with Crippen molar-refractivity contribution in [3.8, 4) is 0 Å². The van der Waals surface area contributed by atoms with E-state index in [0.29, 0.717) is 12.4 Å². The highest BCUT2D eigenvalue weighted by molar-refractivity contribution is 6.02. The Kier molecular flexibility index (Phi) is 6.20. The second kappa shape index (κ2) is 8.78. The van der Waals surface area contributed by atoms with Gasteiger partial charge in [-0.25, -0.2) is 23.1 Å². The summed E-state index contributed by atoms with van der Waals surface area (Å²) in [6.07, 6.45) is 2.58. The number of nitrogens with one attached hydrogen (secondary N) is 2. The predicted molar refractivity (Wildman–Crippen MR) is 92.0 cm³/mol. The van der Waals surface area contributed by atoms with Crippen molar-refractivity contribution in [1.82, 2.24) is 14.9 Å². The van der Waals surface area contributed by atoms with Crippen LogP contribution in [0.15, 0.2) is 24.5 Å². The number of benzene rings is 1. The Morgan fingerprint density at radius 2 is 1.89 bits per heavy atom. The van der Waals surface area contributed by atoms with Gasteiger partial charge in [0, 0.05) is 26.2 Å². The SMILES string of the molecule is O=C(Nc1ccc(F)c(F)c1F)c1cnc(NCCN2CCOCC2)cn1. The maximum Gasteiger partial charge on any atom is 0.275 e. The summed E-state index contributed by atoms with van der Waals surface area (Å²) in [5.41, 5.74) is -0.564. The minimum Gasteiger partial charge on any atom is -0.379 e. The number of carbonyl (C=O) groups excluding carboxylic acids is 1. The van der Waals surface area contributed by atoms with Crippen molar-refractivity contribution in [1.29, 1.82) is 0 Å². The van der Waals surface area contributed by atoms with Crippen molar-refractivity contribution in [3.05, 3.63) is 47.7 Å². The number of hydrogen-bond acceptors (Lipinski definition) is 6. The highest BCUT2D eigenvalue weighted by Crippen LogP contribution is 2.20. The van der Waals surface area contributed by atoms with Crippen LogP contribution in [0.1, 0.15) is 10.5 Å². The van der Waals surface area contributed by atoms with Crippen molar-refractivity contribution in [2.75, 3.05) is 50.0 Å². The predicted octanol–water partition coefficient (Wildman–Crippen LogP) is 1.89. The van der Waals surface area contributed by atoms with Gasteiger partial charge in [0.25, 0.3) is 5.91 Å². The molecule has 0 atom stereocenters. The summed E-state index contributed by atoms with van der Waals surface area (Å²) in [5.74, 6) is -4.76. The molecule has 0 radical (unpaired) electrons. The number of anilines is 2. The number of nitrogens with zero attached hydrogens (tertiary/aromatic N) is 3. The quantitative estimate of drug-likeness (QED) is 0.744. The number of halogens is 3. The molecule has 1 aromatic carbocycles. The van der Waals surface area contributed by atoms with Gasteiger partial charge in [-0.3, -0.25) is 9.69 Å². The van der Waals surface area contributed by atoms with Gasteiger partial charge in [0.15, 0.2) is 17.5 Å². The van der Waals surface area contributed by atoms with Gasteiger partial charge in [-0.2, -0.15) is 0 Å². The van der Waals surface area contributed by atoms with Crippen LogP contribution in [-0.4, -0.2) is 60.2 Å². The molecular formula is C17H18F3N5O2. The van der Waals surface area contributed by atoms with E-state index in [1.54, 1.807) is 0 Å². The van der Waals surface area contributed by atoms with E-state index in [9.17, 15) is 18.0 Å². The summed E-state index contributed by atoms with van der Waals surface area (Å²) in [5, 5.41) is 5.23. The molecule has 0 unspecified atom stereocenters. The fourth-order valence-corrected chi connectivity index (χ4v) is 2.51. The summed E-state index contributed by atoms with van der Waals surface area (Å²) >= 11 is 0. The molecule has 3 rings (SSSR count). The van der Waals surface area contributed by atoms with E-state index in [1.807, 2.05) is 0 Å². The number of aromatic nitrogens is 2. The third kappa shape index (κ3) is 4.92. The Morgan fingerprint density at radius 1 is 1.11 bits per heavy atom. The van der Waals surface area contributed by atoms with Gasteiger partial charge in [-0.1, -0.05) is 0 Å². The van der Waals surface area contributed by atoms with E-state index in [0.717, 1.165) is 45.0 Å². The Hall–Kier alpha value is -2.72. The third-order valence-electron chi connectivity index (χ3n) is 4.01. The standard InChI is InChI=1S/C17H18F3N5O2/c18-11-1-2-12(16(20)15(11)19)24-17(26)13-9-23-14(10-22-13)21-3-4-25-5-7-27-8-6-25/h1-2,9-10H,3-8H2,(H,21,23)(H,24,26). The molecule has 0 bridgehead atoms. The molecule has 144 valence electrons. The lowest BCUT2D eigenvalue weighted by Crippen LogP contribution is -2.39. The zero-order chi connectivity index (χ0) is 19.2. The lowest BCUT2D eigenvalue weighted by Gasteiger charge is -2.26. The molecular weight excluding hydrogens is 363 g/mol. The monoisotopic (exact) mass is 381 g/mol. The lowest BCUT2D eigenvalue weighted by molar-refractivity contribution is 0.0398. The molecule has 1 aromatic heterocycles. The number of carbonyl (C=O) groups is 1. The van der Waals surface area contributed by atoms with Crippen LogP contribution in [-0.2, 0) is 4.74 Å². The molecule has 10 heteroatoms. The largest absolute Gasteiger partial charge is 0.379 e. The van der Waals surface area contributed by atoms with Crippen molar-refractivity contribution in [2.45, 2.75) is 0 Å². The highest BCUT2D eigenvalue weighted by Gasteiger charge is 2.17. The molecule has 2 heterocycles. The highest BCUT2D eigenvalue weighted by atomic mass is 19.2. The van der Waals surface area contributed by atoms with Gasteiger partial charge in [0.05, 0.1) is 31.3 Å². The zero-order valence-electron chi connectivity index (χ0n) is 14.3. The Morgan fingerprint density at radius 3 is 2.59 bits per heavy atom. The first-order valence-corrected chi connectivity index (χ1v) is 8.35. The number of ether oxygens (including phenoxy) is 1. The van der Waals surface area contributed by atoms with Crippen molar-refractivity contribution < 1.29 is 22.7 Å². The minimum absolute atomic E-state index is 0.0853. The maximum atomic E-state index is 13.6. The van der Waals surface area contributed by atoms with Crippen LogP contribution < -0.4 is 10.6 Å². The van der Waals surface area contributed by atoms with E-state index in [2.05, 4.69) is 25.5 Å². The van der Waals surface area contributed by atoms with Crippen LogP contribution in [0.25, 0.3) is 0 Å². The zero-order valence-corrected chi connectivity index (χ0v) is 14.3. The molecule has 0 saturated carbocycles. The second-order valence-electron chi connectivity index (χ2n) is 5.84. The molecule has 2 N–H and O–H groups in total. The molecule has 7 nitrogen and oxygen atoms in total. The normalized spacial score (nSPS) is 14.8. The van der Waals surface area contributed by atoms with E-state index in [-0.39, 0.29) is 5.69 Å². The number of amides is 1. The Balaban J connectivity index is 1.53. The molecule has 0 aliphatic carbocycles. The summed E-state index contributed by atoms with van der Waals surface area (Å²) < 4.78 is 45.0. The van der Waals surface area contributed by atoms with Gasteiger partial charge in [0.2, 0.25) is 0 Å². The van der Waals surface area contributed by atoms with Gasteiger partial charge in [-0.15, -0.1) is 0 Å². The molecule has 1 aliphatic heterocycles. The smallest absolute Gasteiger partial charge is 0.275 e. The number of morpholine rings is 1. The minimum atomic E-state index is -1.65. The Bertz CT molecular complexity index is 798. The van der Waals surface area contributed by atoms with Crippen LogP contribution in [0.3, 0.4) is 0 Å². The summed E-state index contributed by atoms with van der Waals surface area (Å²) in [6.45, 7) is 4.69. The van der Waals surface area contributed by atoms with Crippen molar-refractivity contribution in [3.63, 3.8) is 0 Å². The molecule has 27 heavy (non-hydrogen) atoms. The van der Waals surface area contributed by atoms with Crippen LogP contribution >= 0.6 is 0 Å². The first kappa shape index (κ1) is 19.1. The molecule has 1 amide bonds. The van der Waals surface area contributed by atoms with Crippen LogP contribution in [0.4, 0.5) is 24.7 Å². The van der Waals surface area contributed by atoms with Crippen molar-refractivity contribution in [2.24, 2.45) is 0 Å². The fourth-order valence-electron chi connectivity index (χ4n) is 2.51. The average molecular weight is 381 g/mol. The van der Waals surface area contributed by atoms with Gasteiger partial charge in [0.1, 0.15) is 11.5 Å². The van der Waals surface area contributed by atoms with E-state index in [1.165, 1.54) is 12.4 Å². The summed E-state index contributed by atoms with van der Waals surface area (Å²) in [4.78, 5) is 22.3. The molecule has 1 saturated heterocycles. The van der Waals surface area contributed by atoms with E-state index >= 15 is 0 Å². The molecule has 0 spiro atoms. The Labute approximate surface area is 153 Å². The maximum absolute atomic E-state index is 13.6. The second-order valence-corrected chi connectivity index (χ2v) is 5.84. The van der Waals surface area contributed by atoms with Crippen molar-refractivity contribution >= 4 is 17.4 Å². The lowest BCUT2D eigenvalue weighted by atomic mass is 10.2. The molecule has 1 aliphatic rings. The van der Waals surface area contributed by atoms with Gasteiger partial charge < -0.3 is 15.4 Å².